The molecule has 1 aliphatic carbocycles. The lowest BCUT2D eigenvalue weighted by Crippen LogP contribution is -2.27. The fourth-order valence-corrected chi connectivity index (χ4v) is 2.27. The van der Waals surface area contributed by atoms with Gasteiger partial charge in [0.05, 0.1) is 0 Å². The summed E-state index contributed by atoms with van der Waals surface area (Å²) in [4.78, 5) is 2.60. The Morgan fingerprint density at radius 3 is 2.69 bits per heavy atom. The molecular formula is C14H22N2. The van der Waals surface area contributed by atoms with E-state index in [4.69, 9.17) is 5.73 Å². The van der Waals surface area contributed by atoms with Gasteiger partial charge in [0.2, 0.25) is 0 Å². The molecule has 2 N–H and O–H groups in total. The Hall–Kier alpha value is -1.02. The minimum Gasteiger partial charge on any atom is -0.399 e. The zero-order valence-electron chi connectivity index (χ0n) is 10.2. The average molecular weight is 218 g/mol. The van der Waals surface area contributed by atoms with E-state index in [9.17, 15) is 0 Å². The lowest BCUT2D eigenvalue weighted by molar-refractivity contribution is 0.274. The molecule has 1 fully saturated rings. The van der Waals surface area contributed by atoms with Crippen LogP contribution >= 0.6 is 0 Å². The monoisotopic (exact) mass is 218 g/mol. The van der Waals surface area contributed by atoms with Crippen LogP contribution < -0.4 is 5.73 Å². The van der Waals surface area contributed by atoms with Gasteiger partial charge in [0.15, 0.2) is 0 Å². The normalized spacial score (nSPS) is 15.6. The molecule has 16 heavy (non-hydrogen) atoms. The molecule has 2 rings (SSSR count). The maximum Gasteiger partial charge on any atom is 0.0346 e. The third-order valence-corrected chi connectivity index (χ3v) is 3.42. The van der Waals surface area contributed by atoms with Crippen molar-refractivity contribution in [3.8, 4) is 0 Å². The van der Waals surface area contributed by atoms with Crippen LogP contribution in [0.5, 0.6) is 0 Å². The SMILES string of the molecule is CCN(CCCc1ccccc1N)C1CC1. The average Bonchev–Trinajstić information content (AvgIpc) is 3.11. The van der Waals surface area contributed by atoms with Crippen LogP contribution in [-0.4, -0.2) is 24.0 Å². The summed E-state index contributed by atoms with van der Waals surface area (Å²) in [5.74, 6) is 0. The molecule has 88 valence electrons. The number of hydrogen-bond donors (Lipinski definition) is 1. The van der Waals surface area contributed by atoms with Gasteiger partial charge in [-0.15, -0.1) is 0 Å². The second-order valence-corrected chi connectivity index (χ2v) is 4.66. The predicted octanol–water partition coefficient (Wildman–Crippen LogP) is 2.69. The summed E-state index contributed by atoms with van der Waals surface area (Å²) in [6.07, 6.45) is 5.14. The zero-order valence-corrected chi connectivity index (χ0v) is 10.2. The van der Waals surface area contributed by atoms with Gasteiger partial charge in [-0.3, -0.25) is 0 Å². The van der Waals surface area contributed by atoms with Crippen LogP contribution in [0.4, 0.5) is 5.69 Å². The smallest absolute Gasteiger partial charge is 0.0346 e. The van der Waals surface area contributed by atoms with E-state index in [1.165, 1.54) is 37.9 Å². The Bertz CT molecular complexity index is 331. The summed E-state index contributed by atoms with van der Waals surface area (Å²) in [5.41, 5.74) is 8.17. The first-order valence-corrected chi connectivity index (χ1v) is 6.38. The van der Waals surface area contributed by atoms with E-state index in [1.807, 2.05) is 12.1 Å². The zero-order chi connectivity index (χ0) is 11.4. The standard InChI is InChI=1S/C14H22N2/c1-2-16(13-9-10-13)11-5-7-12-6-3-4-8-14(12)15/h3-4,6,8,13H,2,5,7,9-11,15H2,1H3. The van der Waals surface area contributed by atoms with Crippen molar-refractivity contribution in [2.75, 3.05) is 18.8 Å². The molecule has 0 saturated heterocycles. The van der Waals surface area contributed by atoms with Gasteiger partial charge in [-0.2, -0.15) is 0 Å². The number of nitrogen functional groups attached to an aromatic ring is 1. The Morgan fingerprint density at radius 1 is 1.31 bits per heavy atom. The highest BCUT2D eigenvalue weighted by Gasteiger charge is 2.26. The van der Waals surface area contributed by atoms with E-state index < -0.39 is 0 Å². The van der Waals surface area contributed by atoms with Crippen LogP contribution in [0.1, 0.15) is 31.7 Å². The first-order valence-electron chi connectivity index (χ1n) is 6.38. The molecule has 0 radical (unpaired) electrons. The summed E-state index contributed by atoms with van der Waals surface area (Å²) in [5, 5.41) is 0. The number of hydrogen-bond acceptors (Lipinski definition) is 2. The highest BCUT2D eigenvalue weighted by atomic mass is 15.2. The molecule has 0 bridgehead atoms. The van der Waals surface area contributed by atoms with Gasteiger partial charge >= 0.3 is 0 Å². The molecule has 0 aliphatic heterocycles. The quantitative estimate of drug-likeness (QED) is 0.744. The van der Waals surface area contributed by atoms with Crippen LogP contribution in [-0.2, 0) is 6.42 Å². The molecule has 1 aromatic rings. The lowest BCUT2D eigenvalue weighted by Gasteiger charge is -2.19. The maximum absolute atomic E-state index is 5.93. The highest BCUT2D eigenvalue weighted by molar-refractivity contribution is 5.46. The number of anilines is 1. The molecule has 1 aromatic carbocycles. The van der Waals surface area contributed by atoms with Gasteiger partial charge in [0.1, 0.15) is 0 Å². The first kappa shape index (κ1) is 11.5. The molecule has 0 atom stereocenters. The Labute approximate surface area is 98.4 Å². The van der Waals surface area contributed by atoms with Crippen molar-refractivity contribution in [1.29, 1.82) is 0 Å². The number of nitrogens with zero attached hydrogens (tertiary/aromatic N) is 1. The second kappa shape index (κ2) is 5.35. The van der Waals surface area contributed by atoms with Crippen LogP contribution in [0.3, 0.4) is 0 Å². The molecule has 0 unspecified atom stereocenters. The van der Waals surface area contributed by atoms with E-state index in [2.05, 4.69) is 24.0 Å². The van der Waals surface area contributed by atoms with E-state index in [-0.39, 0.29) is 0 Å². The Kier molecular flexibility index (Phi) is 3.83. The third-order valence-electron chi connectivity index (χ3n) is 3.42. The fraction of sp³-hybridized carbons (Fsp3) is 0.571. The molecule has 0 amide bonds. The fourth-order valence-electron chi connectivity index (χ4n) is 2.27. The van der Waals surface area contributed by atoms with Crippen LogP contribution in [0.15, 0.2) is 24.3 Å². The minimum atomic E-state index is 0.887. The second-order valence-electron chi connectivity index (χ2n) is 4.66. The van der Waals surface area contributed by atoms with Crippen molar-refractivity contribution in [2.45, 2.75) is 38.6 Å². The van der Waals surface area contributed by atoms with E-state index in [1.54, 1.807) is 0 Å². The minimum absolute atomic E-state index is 0.887. The van der Waals surface area contributed by atoms with Crippen molar-refractivity contribution in [1.82, 2.24) is 4.90 Å². The highest BCUT2D eigenvalue weighted by Crippen LogP contribution is 2.26. The molecule has 0 spiro atoms. The maximum atomic E-state index is 5.93. The van der Waals surface area contributed by atoms with Crippen molar-refractivity contribution < 1.29 is 0 Å². The van der Waals surface area contributed by atoms with Crippen molar-refractivity contribution in [3.63, 3.8) is 0 Å². The summed E-state index contributed by atoms with van der Waals surface area (Å²) in [6.45, 7) is 4.67. The lowest BCUT2D eigenvalue weighted by atomic mass is 10.1. The summed E-state index contributed by atoms with van der Waals surface area (Å²) in [6, 6.07) is 9.10. The van der Waals surface area contributed by atoms with Gasteiger partial charge in [-0.05, 0) is 50.4 Å². The summed E-state index contributed by atoms with van der Waals surface area (Å²) in [7, 11) is 0. The van der Waals surface area contributed by atoms with Crippen LogP contribution in [0.25, 0.3) is 0 Å². The number of nitrogens with two attached hydrogens (primary N) is 1. The van der Waals surface area contributed by atoms with Gasteiger partial charge in [-0.25, -0.2) is 0 Å². The van der Waals surface area contributed by atoms with Gasteiger partial charge < -0.3 is 10.6 Å². The first-order chi connectivity index (χ1) is 7.81. The predicted molar refractivity (Wildman–Crippen MR) is 69.4 cm³/mol. The topological polar surface area (TPSA) is 29.3 Å². The summed E-state index contributed by atoms with van der Waals surface area (Å²) < 4.78 is 0. The molecule has 1 saturated carbocycles. The Balaban J connectivity index is 1.77. The molecule has 2 nitrogen and oxygen atoms in total. The number of aryl methyl sites for hydroxylation is 1. The van der Waals surface area contributed by atoms with Crippen LogP contribution in [0, 0.1) is 0 Å². The van der Waals surface area contributed by atoms with Gasteiger partial charge in [-0.1, -0.05) is 25.1 Å². The summed E-state index contributed by atoms with van der Waals surface area (Å²) >= 11 is 0. The Morgan fingerprint density at radius 2 is 2.06 bits per heavy atom. The molecule has 2 heteroatoms. The van der Waals surface area contributed by atoms with Crippen LogP contribution in [0.2, 0.25) is 0 Å². The van der Waals surface area contributed by atoms with Gasteiger partial charge in [0.25, 0.3) is 0 Å². The van der Waals surface area contributed by atoms with E-state index in [0.717, 1.165) is 18.2 Å². The van der Waals surface area contributed by atoms with Crippen molar-refractivity contribution in [3.05, 3.63) is 29.8 Å². The van der Waals surface area contributed by atoms with Crippen molar-refractivity contribution in [2.24, 2.45) is 0 Å². The molecular weight excluding hydrogens is 196 g/mol. The third kappa shape index (κ3) is 2.99. The molecule has 1 aliphatic rings. The number of benzene rings is 1. The van der Waals surface area contributed by atoms with E-state index >= 15 is 0 Å². The van der Waals surface area contributed by atoms with Gasteiger partial charge in [0, 0.05) is 11.7 Å². The number of rotatable bonds is 6. The molecule has 0 aromatic heterocycles. The number of para-hydroxylation sites is 1. The van der Waals surface area contributed by atoms with Crippen molar-refractivity contribution >= 4 is 5.69 Å². The largest absolute Gasteiger partial charge is 0.399 e. The molecule has 0 heterocycles. The van der Waals surface area contributed by atoms with E-state index in [0.29, 0.717) is 0 Å².